The van der Waals surface area contributed by atoms with Gasteiger partial charge in [-0.15, -0.1) is 0 Å². The van der Waals surface area contributed by atoms with Crippen LogP contribution < -0.4 is 0 Å². The van der Waals surface area contributed by atoms with Crippen LogP contribution in [0.5, 0.6) is 0 Å². The van der Waals surface area contributed by atoms with Crippen molar-refractivity contribution in [3.63, 3.8) is 0 Å². The highest BCUT2D eigenvalue weighted by Crippen LogP contribution is 2.36. The van der Waals surface area contributed by atoms with Gasteiger partial charge < -0.3 is 5.11 Å². The van der Waals surface area contributed by atoms with E-state index in [2.05, 4.69) is 37.9 Å². The smallest absolute Gasteiger partial charge is 0.0692 e. The van der Waals surface area contributed by atoms with Gasteiger partial charge in [-0.1, -0.05) is 45.9 Å². The third-order valence-electron chi connectivity index (χ3n) is 2.26. The Bertz CT molecular complexity index is 529. The molecule has 1 nitrogen and oxygen atoms in total. The molecule has 0 aliphatic heterocycles. The van der Waals surface area contributed by atoms with Gasteiger partial charge in [0.05, 0.1) is 6.61 Å². The summed E-state index contributed by atoms with van der Waals surface area (Å²) in [4.78, 5) is 2.20. The van der Waals surface area contributed by atoms with Gasteiger partial charge in [-0.05, 0) is 45.8 Å². The maximum Gasteiger partial charge on any atom is 0.0692 e. The zero-order chi connectivity index (χ0) is 12.3. The minimum Gasteiger partial charge on any atom is -0.392 e. The molecule has 0 bridgehead atoms. The average molecular weight is 374 g/mol. The fraction of sp³-hybridized carbons (Fsp3) is 0.0769. The first kappa shape index (κ1) is 13.1. The third-order valence-corrected chi connectivity index (χ3v) is 4.88. The average Bonchev–Trinajstić information content (AvgIpc) is 2.32. The third kappa shape index (κ3) is 3.35. The Morgan fingerprint density at radius 3 is 2.47 bits per heavy atom. The second-order valence-electron chi connectivity index (χ2n) is 3.44. The second-order valence-corrected chi connectivity index (χ2v) is 6.30. The van der Waals surface area contributed by atoms with Crippen LogP contribution in [0, 0.1) is 0 Å². The van der Waals surface area contributed by atoms with E-state index in [1.54, 1.807) is 11.8 Å². The van der Waals surface area contributed by atoms with E-state index in [1.807, 2.05) is 36.4 Å². The Labute approximate surface area is 122 Å². The molecule has 2 aromatic rings. The van der Waals surface area contributed by atoms with E-state index in [1.165, 1.54) is 0 Å². The van der Waals surface area contributed by atoms with Gasteiger partial charge in [0, 0.05) is 18.7 Å². The van der Waals surface area contributed by atoms with Crippen LogP contribution in [0.25, 0.3) is 0 Å². The Kier molecular flexibility index (Phi) is 4.68. The molecule has 2 rings (SSSR count). The van der Waals surface area contributed by atoms with Crippen LogP contribution in [0.4, 0.5) is 0 Å². The van der Waals surface area contributed by atoms with Crippen LogP contribution in [-0.4, -0.2) is 5.11 Å². The summed E-state index contributed by atoms with van der Waals surface area (Å²) >= 11 is 8.62. The Hall–Kier alpha value is -0.290. The molecular weight excluding hydrogens is 364 g/mol. The van der Waals surface area contributed by atoms with Gasteiger partial charge >= 0.3 is 0 Å². The highest BCUT2D eigenvalue weighted by molar-refractivity contribution is 9.10. The second kappa shape index (κ2) is 6.05. The number of aliphatic hydroxyl groups is 1. The van der Waals surface area contributed by atoms with Crippen LogP contribution in [0.3, 0.4) is 0 Å². The molecule has 0 spiro atoms. The molecule has 0 unspecified atom stereocenters. The van der Waals surface area contributed by atoms with Crippen molar-refractivity contribution in [3.05, 3.63) is 57.0 Å². The normalized spacial score (nSPS) is 10.5. The summed E-state index contributed by atoms with van der Waals surface area (Å²) in [5.74, 6) is 0. The molecule has 0 fully saturated rings. The number of halogens is 2. The molecule has 0 aromatic heterocycles. The molecule has 4 heteroatoms. The molecule has 0 radical (unpaired) electrons. The predicted molar refractivity (Wildman–Crippen MR) is 78.3 cm³/mol. The van der Waals surface area contributed by atoms with Gasteiger partial charge in [0.1, 0.15) is 0 Å². The minimum atomic E-state index is 0.0556. The summed E-state index contributed by atoms with van der Waals surface area (Å²) in [6.07, 6.45) is 0. The van der Waals surface area contributed by atoms with Crippen LogP contribution in [0.2, 0.25) is 0 Å². The number of rotatable bonds is 3. The first-order chi connectivity index (χ1) is 8.20. The number of benzene rings is 2. The van der Waals surface area contributed by atoms with Crippen LogP contribution in [-0.2, 0) is 6.61 Å². The molecule has 1 N–H and O–H groups in total. The summed E-state index contributed by atoms with van der Waals surface area (Å²) in [5.41, 5.74) is 0.939. The van der Waals surface area contributed by atoms with E-state index in [0.29, 0.717) is 0 Å². The summed E-state index contributed by atoms with van der Waals surface area (Å²) in [5, 5.41) is 9.32. The Morgan fingerprint density at radius 1 is 1.00 bits per heavy atom. The van der Waals surface area contributed by atoms with E-state index in [9.17, 15) is 5.11 Å². The topological polar surface area (TPSA) is 20.2 Å². The first-order valence-corrected chi connectivity index (χ1v) is 7.42. The lowest BCUT2D eigenvalue weighted by Crippen LogP contribution is -1.87. The van der Waals surface area contributed by atoms with Gasteiger partial charge in [-0.25, -0.2) is 0 Å². The van der Waals surface area contributed by atoms with Gasteiger partial charge in [-0.3, -0.25) is 0 Å². The van der Waals surface area contributed by atoms with Crippen molar-refractivity contribution in [2.45, 2.75) is 16.4 Å². The zero-order valence-corrected chi connectivity index (χ0v) is 12.8. The van der Waals surface area contributed by atoms with E-state index < -0.39 is 0 Å². The van der Waals surface area contributed by atoms with Crippen molar-refractivity contribution in [3.8, 4) is 0 Å². The number of aliphatic hydroxyl groups excluding tert-OH is 1. The van der Waals surface area contributed by atoms with Crippen molar-refractivity contribution < 1.29 is 5.11 Å². The highest BCUT2D eigenvalue weighted by Gasteiger charge is 2.06. The lowest BCUT2D eigenvalue weighted by molar-refractivity contribution is 0.279. The van der Waals surface area contributed by atoms with E-state index in [0.717, 1.165) is 24.3 Å². The number of hydrogen-bond acceptors (Lipinski definition) is 2. The molecule has 0 saturated heterocycles. The standard InChI is InChI=1S/C13H10Br2OS/c14-10-6-5-9(8-16)13(7-10)17-12-4-2-1-3-11(12)15/h1-7,16H,8H2. The predicted octanol–water partition coefficient (Wildman–Crippen LogP) is 4.86. The highest BCUT2D eigenvalue weighted by atomic mass is 79.9. The fourth-order valence-electron chi connectivity index (χ4n) is 1.40. The van der Waals surface area contributed by atoms with Gasteiger partial charge in [0.25, 0.3) is 0 Å². The van der Waals surface area contributed by atoms with Gasteiger partial charge in [0.2, 0.25) is 0 Å². The molecule has 2 aromatic carbocycles. The molecule has 17 heavy (non-hydrogen) atoms. The van der Waals surface area contributed by atoms with Crippen LogP contribution in [0.1, 0.15) is 5.56 Å². The molecule has 0 atom stereocenters. The van der Waals surface area contributed by atoms with Gasteiger partial charge in [0.15, 0.2) is 0 Å². The van der Waals surface area contributed by atoms with E-state index in [4.69, 9.17) is 0 Å². The molecular formula is C13H10Br2OS. The molecule has 88 valence electrons. The maximum absolute atomic E-state index is 9.32. The van der Waals surface area contributed by atoms with Crippen molar-refractivity contribution >= 4 is 43.6 Å². The van der Waals surface area contributed by atoms with Crippen molar-refractivity contribution in [1.82, 2.24) is 0 Å². The van der Waals surface area contributed by atoms with Crippen molar-refractivity contribution in [2.75, 3.05) is 0 Å². The minimum absolute atomic E-state index is 0.0556. The fourth-order valence-corrected chi connectivity index (χ4v) is 3.44. The van der Waals surface area contributed by atoms with Crippen LogP contribution >= 0.6 is 43.6 Å². The molecule has 0 amide bonds. The SMILES string of the molecule is OCc1ccc(Br)cc1Sc1ccccc1Br. The van der Waals surface area contributed by atoms with Crippen LogP contribution in [0.15, 0.2) is 61.2 Å². The number of hydrogen-bond donors (Lipinski definition) is 1. The first-order valence-electron chi connectivity index (χ1n) is 5.02. The van der Waals surface area contributed by atoms with E-state index >= 15 is 0 Å². The summed E-state index contributed by atoms with van der Waals surface area (Å²) in [6.45, 7) is 0.0556. The van der Waals surface area contributed by atoms with E-state index in [-0.39, 0.29) is 6.61 Å². The molecule has 0 saturated carbocycles. The molecule has 0 aliphatic carbocycles. The molecule has 0 heterocycles. The van der Waals surface area contributed by atoms with Crippen molar-refractivity contribution in [2.24, 2.45) is 0 Å². The Balaban J connectivity index is 2.35. The monoisotopic (exact) mass is 372 g/mol. The largest absolute Gasteiger partial charge is 0.392 e. The summed E-state index contributed by atoms with van der Waals surface area (Å²) < 4.78 is 2.08. The molecule has 0 aliphatic rings. The summed E-state index contributed by atoms with van der Waals surface area (Å²) in [7, 11) is 0. The lowest BCUT2D eigenvalue weighted by Gasteiger charge is -2.09. The summed E-state index contributed by atoms with van der Waals surface area (Å²) in [6, 6.07) is 14.0. The maximum atomic E-state index is 9.32. The van der Waals surface area contributed by atoms with Gasteiger partial charge in [-0.2, -0.15) is 0 Å². The lowest BCUT2D eigenvalue weighted by atomic mass is 10.2. The quantitative estimate of drug-likeness (QED) is 0.829. The Morgan fingerprint density at radius 2 is 1.76 bits per heavy atom. The van der Waals surface area contributed by atoms with Crippen molar-refractivity contribution in [1.29, 1.82) is 0 Å². The zero-order valence-electron chi connectivity index (χ0n) is 8.86.